The summed E-state index contributed by atoms with van der Waals surface area (Å²) in [6.45, 7) is 1.92. The zero-order valence-corrected chi connectivity index (χ0v) is 24.1. The van der Waals surface area contributed by atoms with Crippen LogP contribution in [0.5, 0.6) is 0 Å². The zero-order valence-electron chi connectivity index (χ0n) is 22.6. The molecule has 1 aromatic carbocycles. The zero-order chi connectivity index (χ0) is 30.7. The van der Waals surface area contributed by atoms with Crippen LogP contribution in [0.15, 0.2) is 53.7 Å². The largest absolute Gasteiger partial charge is 0.456 e. The molecule has 16 heteroatoms. The molecule has 0 spiro atoms. The molecule has 0 unspecified atom stereocenters. The second kappa shape index (κ2) is 12.4. The number of anilines is 2. The highest BCUT2D eigenvalue weighted by Gasteiger charge is 2.25. The number of amides is 1. The molecule has 43 heavy (non-hydrogen) atoms. The van der Waals surface area contributed by atoms with E-state index in [-0.39, 0.29) is 29.4 Å². The molecular formula is C27H24ClF2N7O5S. The third kappa shape index (κ3) is 6.94. The predicted octanol–water partition coefficient (Wildman–Crippen LogP) is 3.79. The number of rotatable bonds is 8. The Kier molecular flexibility index (Phi) is 8.64. The maximum atomic E-state index is 14.1. The number of likely N-dealkylation sites (tertiary alicyclic amines) is 1. The van der Waals surface area contributed by atoms with Crippen molar-refractivity contribution in [2.24, 2.45) is 0 Å². The number of hydrogen-bond donors (Lipinski definition) is 2. The number of benzene rings is 1. The predicted molar refractivity (Wildman–Crippen MR) is 153 cm³/mol. The molecule has 2 N–H and O–H groups in total. The van der Waals surface area contributed by atoms with Gasteiger partial charge < -0.3 is 15.0 Å². The van der Waals surface area contributed by atoms with E-state index >= 15 is 0 Å². The van der Waals surface area contributed by atoms with E-state index < -0.39 is 32.5 Å². The van der Waals surface area contributed by atoms with E-state index in [0.717, 1.165) is 12.1 Å². The van der Waals surface area contributed by atoms with Crippen molar-refractivity contribution in [3.05, 3.63) is 65.6 Å². The fraction of sp³-hybridized carbons (Fsp3) is 0.259. The summed E-state index contributed by atoms with van der Waals surface area (Å²) in [4.78, 5) is 41.7. The van der Waals surface area contributed by atoms with Gasteiger partial charge in [0.1, 0.15) is 28.4 Å². The van der Waals surface area contributed by atoms with Crippen molar-refractivity contribution in [2.75, 3.05) is 29.7 Å². The molecule has 0 aliphatic carbocycles. The van der Waals surface area contributed by atoms with Crippen LogP contribution in [0.2, 0.25) is 5.15 Å². The van der Waals surface area contributed by atoms with Gasteiger partial charge in [0.2, 0.25) is 0 Å². The van der Waals surface area contributed by atoms with E-state index in [1.807, 2.05) is 0 Å². The molecule has 4 aromatic rings. The number of carbonyl (C=O) groups is 2. The highest BCUT2D eigenvalue weighted by atomic mass is 35.5. The summed E-state index contributed by atoms with van der Waals surface area (Å²) < 4.78 is 59.6. The second-order valence-corrected chi connectivity index (χ2v) is 11.6. The molecule has 0 bridgehead atoms. The topological polar surface area (TPSA) is 156 Å². The number of esters is 1. The van der Waals surface area contributed by atoms with E-state index in [1.54, 1.807) is 17.0 Å². The van der Waals surface area contributed by atoms with Crippen LogP contribution in [-0.2, 0) is 24.3 Å². The van der Waals surface area contributed by atoms with Crippen LogP contribution in [0, 0.1) is 11.6 Å². The van der Waals surface area contributed by atoms with E-state index in [9.17, 15) is 26.8 Å². The summed E-state index contributed by atoms with van der Waals surface area (Å²) in [5.74, 6) is -2.45. The van der Waals surface area contributed by atoms with Gasteiger partial charge in [0.25, 0.3) is 15.9 Å². The molecule has 12 nitrogen and oxygen atoms in total. The maximum absolute atomic E-state index is 14.1. The van der Waals surface area contributed by atoms with Gasteiger partial charge in [0, 0.05) is 32.1 Å². The lowest BCUT2D eigenvalue weighted by Gasteiger charge is -2.32. The average Bonchev–Trinajstić information content (AvgIpc) is 2.97. The number of nitrogens with one attached hydrogen (secondary N) is 2. The standard InChI is InChI=1S/C27H24ClF2N7O5S/c1-15(38)42-13-24(39)37-10-8-17(9-11-37)33-27-25-21(31-14-32-27)5-3-19(34-25)20-4-6-22(26(28)35-20)36-43(40,41)23-7-2-16(29)12-18(23)30/h2-7,12,14,17,36H,8-11,13H2,1H3,(H,31,32,33). The number of nitrogens with zero attached hydrogens (tertiary/aromatic N) is 5. The van der Waals surface area contributed by atoms with Crippen molar-refractivity contribution in [2.45, 2.75) is 30.7 Å². The number of sulfonamides is 1. The highest BCUT2D eigenvalue weighted by molar-refractivity contribution is 7.92. The number of halogens is 3. The first kappa shape index (κ1) is 30.0. The van der Waals surface area contributed by atoms with E-state index in [1.165, 1.54) is 25.4 Å². The molecule has 1 aliphatic heterocycles. The quantitative estimate of drug-likeness (QED) is 0.217. The molecule has 1 aliphatic rings. The summed E-state index contributed by atoms with van der Waals surface area (Å²) >= 11 is 6.28. The Labute approximate surface area is 249 Å². The molecule has 3 aromatic heterocycles. The van der Waals surface area contributed by atoms with Crippen LogP contribution in [0.1, 0.15) is 19.8 Å². The number of fused-ring (bicyclic) bond motifs is 1. The Morgan fingerprint density at radius 1 is 1.05 bits per heavy atom. The summed E-state index contributed by atoms with van der Waals surface area (Å²) in [6.07, 6.45) is 2.67. The fourth-order valence-corrected chi connectivity index (χ4v) is 5.84. The highest BCUT2D eigenvalue weighted by Crippen LogP contribution is 2.29. The normalized spacial score (nSPS) is 14.0. The third-order valence-electron chi connectivity index (χ3n) is 6.61. The summed E-state index contributed by atoms with van der Waals surface area (Å²) in [7, 11) is -4.42. The van der Waals surface area contributed by atoms with Crippen molar-refractivity contribution in [3.8, 4) is 11.4 Å². The summed E-state index contributed by atoms with van der Waals surface area (Å²) in [6, 6.07) is 8.33. The van der Waals surface area contributed by atoms with Crippen molar-refractivity contribution < 1.29 is 31.5 Å². The number of carbonyl (C=O) groups excluding carboxylic acids is 2. The minimum absolute atomic E-state index is 0.00727. The number of pyridine rings is 2. The number of hydrogen-bond acceptors (Lipinski definition) is 10. The van der Waals surface area contributed by atoms with Crippen LogP contribution in [0.3, 0.4) is 0 Å². The Morgan fingerprint density at radius 3 is 2.47 bits per heavy atom. The van der Waals surface area contributed by atoms with Gasteiger partial charge in [0.15, 0.2) is 17.6 Å². The van der Waals surface area contributed by atoms with Gasteiger partial charge in [-0.25, -0.2) is 37.1 Å². The van der Waals surface area contributed by atoms with E-state index in [0.29, 0.717) is 60.2 Å². The van der Waals surface area contributed by atoms with Crippen molar-refractivity contribution in [1.29, 1.82) is 0 Å². The van der Waals surface area contributed by atoms with Crippen molar-refractivity contribution in [3.63, 3.8) is 0 Å². The molecule has 1 saturated heterocycles. The summed E-state index contributed by atoms with van der Waals surface area (Å²) in [5.41, 5.74) is 1.63. The molecule has 4 heterocycles. The van der Waals surface area contributed by atoms with Gasteiger partial charge in [-0.15, -0.1) is 0 Å². The number of aromatic nitrogens is 4. The first-order valence-electron chi connectivity index (χ1n) is 12.9. The second-order valence-electron chi connectivity index (χ2n) is 9.58. The van der Waals surface area contributed by atoms with Crippen molar-refractivity contribution in [1.82, 2.24) is 24.8 Å². The Bertz CT molecular complexity index is 1820. The fourth-order valence-electron chi connectivity index (χ4n) is 4.46. The molecule has 0 saturated carbocycles. The first-order valence-corrected chi connectivity index (χ1v) is 14.8. The lowest BCUT2D eigenvalue weighted by Crippen LogP contribution is -2.44. The lowest BCUT2D eigenvalue weighted by molar-refractivity contribution is -0.150. The Balaban J connectivity index is 1.31. The monoisotopic (exact) mass is 631 g/mol. The molecule has 1 fully saturated rings. The minimum Gasteiger partial charge on any atom is -0.456 e. The van der Waals surface area contributed by atoms with Crippen molar-refractivity contribution >= 4 is 56.0 Å². The number of piperidine rings is 1. The van der Waals surface area contributed by atoms with Crippen LogP contribution >= 0.6 is 11.6 Å². The maximum Gasteiger partial charge on any atom is 0.303 e. The van der Waals surface area contributed by atoms with Gasteiger partial charge >= 0.3 is 5.97 Å². The molecule has 5 rings (SSSR count). The van der Waals surface area contributed by atoms with Gasteiger partial charge in [-0.1, -0.05) is 11.6 Å². The van der Waals surface area contributed by atoms with Crippen LogP contribution in [0.25, 0.3) is 22.4 Å². The van der Waals surface area contributed by atoms with E-state index in [4.69, 9.17) is 16.3 Å². The lowest BCUT2D eigenvalue weighted by atomic mass is 10.0. The SMILES string of the molecule is CC(=O)OCC(=O)N1CCC(Nc2ncnc3ccc(-c4ccc(NS(=O)(=O)c5ccc(F)cc5F)c(Cl)n4)nc23)CC1. The summed E-state index contributed by atoms with van der Waals surface area (Å²) in [5, 5.41) is 3.15. The van der Waals surface area contributed by atoms with Gasteiger partial charge in [-0.05, 0) is 49.2 Å². The van der Waals surface area contributed by atoms with E-state index in [2.05, 4.69) is 30.0 Å². The molecular weight excluding hydrogens is 608 g/mol. The van der Waals surface area contributed by atoms with Crippen LogP contribution < -0.4 is 10.0 Å². The number of ether oxygens (including phenoxy) is 1. The molecule has 1 amide bonds. The Morgan fingerprint density at radius 2 is 1.77 bits per heavy atom. The first-order chi connectivity index (χ1) is 20.5. The Hall–Kier alpha value is -4.50. The molecule has 0 radical (unpaired) electrons. The molecule has 224 valence electrons. The third-order valence-corrected chi connectivity index (χ3v) is 8.30. The van der Waals surface area contributed by atoms with Crippen LogP contribution in [-0.4, -0.2) is 70.9 Å². The van der Waals surface area contributed by atoms with Gasteiger partial charge in [-0.3, -0.25) is 14.3 Å². The van der Waals surface area contributed by atoms with Gasteiger partial charge in [0.05, 0.1) is 22.6 Å². The van der Waals surface area contributed by atoms with Crippen LogP contribution in [0.4, 0.5) is 20.3 Å². The molecule has 0 atom stereocenters. The minimum atomic E-state index is -4.42. The average molecular weight is 632 g/mol. The van der Waals surface area contributed by atoms with Gasteiger partial charge in [-0.2, -0.15) is 0 Å². The smallest absolute Gasteiger partial charge is 0.303 e.